The summed E-state index contributed by atoms with van der Waals surface area (Å²) in [5.41, 5.74) is 2.01. The molecule has 4 rings (SSSR count). The summed E-state index contributed by atoms with van der Waals surface area (Å²) in [5.74, 6) is -0.164. The van der Waals surface area contributed by atoms with Gasteiger partial charge in [-0.1, -0.05) is 25.0 Å². The number of carbonyl (C=O) groups excluding carboxylic acids is 1. The van der Waals surface area contributed by atoms with Crippen LogP contribution < -0.4 is 10.9 Å². The van der Waals surface area contributed by atoms with Crippen LogP contribution >= 0.6 is 0 Å². The van der Waals surface area contributed by atoms with Gasteiger partial charge in [0, 0.05) is 17.5 Å². The average Bonchev–Trinajstić information content (AvgIpc) is 3.31. The van der Waals surface area contributed by atoms with E-state index < -0.39 is 6.29 Å². The molecule has 0 radical (unpaired) electrons. The number of amides is 1. The first kappa shape index (κ1) is 17.2. The summed E-state index contributed by atoms with van der Waals surface area (Å²) < 4.78 is 12.6. The molecule has 0 bridgehead atoms. The molecule has 26 heavy (non-hydrogen) atoms. The maximum Gasteiger partial charge on any atom is 0.252 e. The van der Waals surface area contributed by atoms with Crippen LogP contribution in [0.5, 0.6) is 0 Å². The maximum atomic E-state index is 12.8. The summed E-state index contributed by atoms with van der Waals surface area (Å²) >= 11 is 0. The largest absolute Gasteiger partial charge is 0.349 e. The molecule has 0 atom stereocenters. The third kappa shape index (κ3) is 3.39. The van der Waals surface area contributed by atoms with Crippen molar-refractivity contribution in [3.8, 4) is 0 Å². The Labute approximate surface area is 152 Å². The Morgan fingerprint density at radius 2 is 1.92 bits per heavy atom. The molecule has 1 N–H and O–H groups in total. The summed E-state index contributed by atoms with van der Waals surface area (Å²) in [4.78, 5) is 25.6. The number of benzene rings is 1. The number of hydrogen-bond acceptors (Lipinski definition) is 4. The quantitative estimate of drug-likeness (QED) is 0.913. The predicted molar refractivity (Wildman–Crippen MR) is 98.4 cm³/mol. The lowest BCUT2D eigenvalue weighted by molar-refractivity contribution is -0.0522. The van der Waals surface area contributed by atoms with E-state index in [2.05, 4.69) is 5.32 Å². The van der Waals surface area contributed by atoms with Gasteiger partial charge in [0.2, 0.25) is 0 Å². The van der Waals surface area contributed by atoms with Crippen LogP contribution in [0.25, 0.3) is 10.9 Å². The fourth-order valence-electron chi connectivity index (χ4n) is 3.86. The van der Waals surface area contributed by atoms with Gasteiger partial charge in [0.15, 0.2) is 6.29 Å². The fourth-order valence-corrected chi connectivity index (χ4v) is 3.86. The van der Waals surface area contributed by atoms with Crippen LogP contribution in [-0.2, 0) is 16.0 Å². The zero-order chi connectivity index (χ0) is 18.1. The normalized spacial score (nSPS) is 18.7. The van der Waals surface area contributed by atoms with Crippen LogP contribution in [0, 0.1) is 6.92 Å². The van der Waals surface area contributed by atoms with Gasteiger partial charge in [-0.15, -0.1) is 0 Å². The van der Waals surface area contributed by atoms with Crippen molar-refractivity contribution in [3.05, 3.63) is 45.7 Å². The zero-order valence-electron chi connectivity index (χ0n) is 15.0. The van der Waals surface area contributed by atoms with Gasteiger partial charge < -0.3 is 19.4 Å². The first-order valence-corrected chi connectivity index (χ1v) is 9.30. The number of aryl methyl sites for hydroxylation is 1. The van der Waals surface area contributed by atoms with Crippen LogP contribution in [0.1, 0.15) is 41.6 Å². The first-order chi connectivity index (χ1) is 12.6. The molecule has 6 nitrogen and oxygen atoms in total. The second-order valence-corrected chi connectivity index (χ2v) is 7.15. The zero-order valence-corrected chi connectivity index (χ0v) is 15.0. The van der Waals surface area contributed by atoms with Gasteiger partial charge in [0.1, 0.15) is 0 Å². The van der Waals surface area contributed by atoms with Gasteiger partial charge in [0.05, 0.1) is 30.8 Å². The van der Waals surface area contributed by atoms with E-state index in [4.69, 9.17) is 9.47 Å². The number of nitrogens with zero attached hydrogens (tertiary/aromatic N) is 1. The lowest BCUT2D eigenvalue weighted by atomic mass is 10.0. The van der Waals surface area contributed by atoms with Crippen molar-refractivity contribution >= 4 is 16.8 Å². The predicted octanol–water partition coefficient (Wildman–Crippen LogP) is 2.36. The number of hydrogen-bond donors (Lipinski definition) is 1. The SMILES string of the molecule is Cc1ccc2c(C(=O)NC3CCCC3)cc(=O)n(CC3OCCO3)c2c1. The third-order valence-corrected chi connectivity index (χ3v) is 5.23. The second-order valence-electron chi connectivity index (χ2n) is 7.15. The standard InChI is InChI=1S/C20H24N2O4/c1-13-6-7-15-16(20(24)21-14-4-2-3-5-14)11-18(23)22(17(15)10-13)12-19-25-8-9-26-19/h6-7,10-11,14,19H,2-5,8-9,12H2,1H3,(H,21,24). The Balaban J connectivity index is 1.74. The van der Waals surface area contributed by atoms with Crippen LogP contribution in [0.15, 0.2) is 29.1 Å². The van der Waals surface area contributed by atoms with Gasteiger partial charge in [-0.2, -0.15) is 0 Å². The van der Waals surface area contributed by atoms with Gasteiger partial charge in [-0.25, -0.2) is 0 Å². The monoisotopic (exact) mass is 356 g/mol. The molecule has 6 heteroatoms. The van der Waals surface area contributed by atoms with E-state index in [-0.39, 0.29) is 17.5 Å². The maximum absolute atomic E-state index is 12.8. The molecule has 1 aromatic heterocycles. The molecule has 1 aliphatic carbocycles. The molecule has 2 fully saturated rings. The fraction of sp³-hybridized carbons (Fsp3) is 0.500. The van der Waals surface area contributed by atoms with Crippen LogP contribution in [0.3, 0.4) is 0 Å². The van der Waals surface area contributed by atoms with Gasteiger partial charge in [-0.05, 0) is 31.4 Å². The van der Waals surface area contributed by atoms with Crippen LogP contribution in [-0.4, -0.2) is 36.0 Å². The highest BCUT2D eigenvalue weighted by Crippen LogP contribution is 2.22. The van der Waals surface area contributed by atoms with Crippen molar-refractivity contribution in [2.75, 3.05) is 13.2 Å². The highest BCUT2D eigenvalue weighted by molar-refractivity contribution is 6.06. The second kappa shape index (κ2) is 7.21. The molecule has 2 aromatic rings. The van der Waals surface area contributed by atoms with Crippen LogP contribution in [0.4, 0.5) is 0 Å². The molecular formula is C20H24N2O4. The summed E-state index contributed by atoms with van der Waals surface area (Å²) in [6, 6.07) is 7.48. The van der Waals surface area contributed by atoms with Crippen LogP contribution in [0.2, 0.25) is 0 Å². The molecule has 138 valence electrons. The minimum absolute atomic E-state index is 0.164. The number of pyridine rings is 1. The molecule has 1 saturated heterocycles. The Morgan fingerprint density at radius 1 is 1.19 bits per heavy atom. The van der Waals surface area contributed by atoms with Crippen molar-refractivity contribution < 1.29 is 14.3 Å². The van der Waals surface area contributed by atoms with Crippen molar-refractivity contribution in [2.24, 2.45) is 0 Å². The summed E-state index contributed by atoms with van der Waals surface area (Å²) in [6.07, 6.45) is 3.89. The number of nitrogens with one attached hydrogen (secondary N) is 1. The van der Waals surface area contributed by atoms with Gasteiger partial charge in [0.25, 0.3) is 11.5 Å². The summed E-state index contributed by atoms with van der Waals surface area (Å²) in [5, 5.41) is 3.87. The molecule has 1 saturated carbocycles. The number of aromatic nitrogens is 1. The highest BCUT2D eigenvalue weighted by atomic mass is 16.7. The third-order valence-electron chi connectivity index (χ3n) is 5.23. The van der Waals surface area contributed by atoms with E-state index in [0.717, 1.165) is 42.1 Å². The van der Waals surface area contributed by atoms with E-state index >= 15 is 0 Å². The average molecular weight is 356 g/mol. The molecule has 1 amide bonds. The lowest BCUT2D eigenvalue weighted by Crippen LogP contribution is -2.34. The Hall–Kier alpha value is -2.18. The smallest absolute Gasteiger partial charge is 0.252 e. The van der Waals surface area contributed by atoms with Crippen molar-refractivity contribution in [3.63, 3.8) is 0 Å². The molecular weight excluding hydrogens is 332 g/mol. The minimum Gasteiger partial charge on any atom is -0.349 e. The Morgan fingerprint density at radius 3 is 2.65 bits per heavy atom. The van der Waals surface area contributed by atoms with E-state index in [9.17, 15) is 9.59 Å². The summed E-state index contributed by atoms with van der Waals surface area (Å²) in [7, 11) is 0. The van der Waals surface area contributed by atoms with Crippen molar-refractivity contribution in [1.29, 1.82) is 0 Å². The van der Waals surface area contributed by atoms with Gasteiger partial charge >= 0.3 is 0 Å². The number of rotatable bonds is 4. The van der Waals surface area contributed by atoms with E-state index in [1.54, 1.807) is 4.57 Å². The molecule has 2 heterocycles. The van der Waals surface area contributed by atoms with Crippen molar-refractivity contribution in [1.82, 2.24) is 9.88 Å². The lowest BCUT2D eigenvalue weighted by Gasteiger charge is -2.18. The summed E-state index contributed by atoms with van der Waals surface area (Å²) in [6.45, 7) is 3.38. The van der Waals surface area contributed by atoms with Crippen molar-refractivity contribution in [2.45, 2.75) is 51.5 Å². The Bertz CT molecular complexity index is 877. The highest BCUT2D eigenvalue weighted by Gasteiger charge is 2.23. The molecule has 1 aromatic carbocycles. The molecule has 0 unspecified atom stereocenters. The van der Waals surface area contributed by atoms with E-state index in [1.165, 1.54) is 6.07 Å². The van der Waals surface area contributed by atoms with E-state index in [0.29, 0.717) is 25.3 Å². The molecule has 0 spiro atoms. The first-order valence-electron chi connectivity index (χ1n) is 9.30. The molecule has 2 aliphatic rings. The number of ether oxygens (including phenoxy) is 2. The number of fused-ring (bicyclic) bond motifs is 1. The van der Waals surface area contributed by atoms with Gasteiger partial charge in [-0.3, -0.25) is 9.59 Å². The molecule has 1 aliphatic heterocycles. The van der Waals surface area contributed by atoms with E-state index in [1.807, 2.05) is 25.1 Å². The minimum atomic E-state index is -0.422. The topological polar surface area (TPSA) is 69.6 Å². The Kier molecular flexibility index (Phi) is 4.78. The number of carbonyl (C=O) groups is 1.